The van der Waals surface area contributed by atoms with Crippen molar-refractivity contribution < 1.29 is 38.5 Å². The first-order chi connectivity index (χ1) is 13.1. The topological polar surface area (TPSA) is 169 Å². The second-order valence-electron chi connectivity index (χ2n) is 5.95. The number of nitrogens with zero attached hydrogens (tertiary/aromatic N) is 2. The molecule has 1 amide bonds. The molecule has 1 aromatic heterocycles. The van der Waals surface area contributed by atoms with Crippen molar-refractivity contribution in [1.82, 2.24) is 9.55 Å². The summed E-state index contributed by atoms with van der Waals surface area (Å²) < 4.78 is 29.1. The number of hydrogen-bond donors (Lipinski definition) is 4. The van der Waals surface area contributed by atoms with Crippen LogP contribution < -0.4 is 11.0 Å². The smallest absolute Gasteiger partial charge is 0.361 e. The van der Waals surface area contributed by atoms with Gasteiger partial charge in [-0.2, -0.15) is 4.98 Å². The Balaban J connectivity index is 2.28. The van der Waals surface area contributed by atoms with Gasteiger partial charge in [0.1, 0.15) is 24.1 Å². The van der Waals surface area contributed by atoms with Gasteiger partial charge in [-0.25, -0.2) is 4.79 Å². The molecule has 5 atom stereocenters. The molecule has 0 aliphatic carbocycles. The van der Waals surface area contributed by atoms with Gasteiger partial charge in [0.05, 0.1) is 13.2 Å². The van der Waals surface area contributed by atoms with Crippen molar-refractivity contribution in [1.29, 1.82) is 0 Å². The largest absolute Gasteiger partial charge is 0.387 e. The van der Waals surface area contributed by atoms with E-state index in [0.717, 1.165) is 4.57 Å². The van der Waals surface area contributed by atoms with E-state index in [1.54, 1.807) is 13.8 Å². The van der Waals surface area contributed by atoms with Crippen LogP contribution in [-0.4, -0.2) is 68.1 Å². The molecule has 2 heterocycles. The van der Waals surface area contributed by atoms with Gasteiger partial charge >= 0.3 is 13.3 Å². The monoisotopic (exact) mass is 421 g/mol. The number of ether oxygens (including phenoxy) is 1. The molecule has 158 valence electrons. The SMILES string of the molecule is CCOP(=O)(OCC)[C@H](O)[C@H]1O[C@@H](n2ccc(NC(C)=O)nc2=O)[C@H](O)[C@@H]1O. The fraction of sp³-hybridized carbons (Fsp3) is 0.667. The standard InChI is InChI=1S/C15H24N3O9P/c1-4-25-28(24,26-5-2)14(22)12-10(20)11(21)13(27-12)18-7-6-9(16-8(3)19)17-15(18)23/h6-7,10-14,20-22H,4-5H2,1-3H3,(H,16,17,19,23)/t10-,11+,12-,13+,14-/m0/s1. The van der Waals surface area contributed by atoms with Gasteiger partial charge in [-0.05, 0) is 19.9 Å². The highest BCUT2D eigenvalue weighted by Crippen LogP contribution is 2.55. The van der Waals surface area contributed by atoms with Crippen molar-refractivity contribution in [3.8, 4) is 0 Å². The minimum atomic E-state index is -4.07. The lowest BCUT2D eigenvalue weighted by Gasteiger charge is -2.27. The Morgan fingerprint density at radius 1 is 1.36 bits per heavy atom. The van der Waals surface area contributed by atoms with Crippen LogP contribution in [0.5, 0.6) is 0 Å². The molecular weight excluding hydrogens is 397 g/mol. The summed E-state index contributed by atoms with van der Waals surface area (Å²) in [6, 6.07) is 1.29. The summed E-state index contributed by atoms with van der Waals surface area (Å²) in [5.41, 5.74) is -0.879. The molecule has 0 spiro atoms. The molecule has 0 unspecified atom stereocenters. The van der Waals surface area contributed by atoms with Crippen LogP contribution in [0.2, 0.25) is 0 Å². The van der Waals surface area contributed by atoms with Crippen molar-refractivity contribution >= 4 is 19.3 Å². The first kappa shape index (κ1) is 22.6. The summed E-state index contributed by atoms with van der Waals surface area (Å²) in [6.45, 7) is 4.27. The van der Waals surface area contributed by atoms with E-state index in [1.165, 1.54) is 19.2 Å². The lowest BCUT2D eigenvalue weighted by molar-refractivity contribution is -0.114. The molecular formula is C15H24N3O9P. The Morgan fingerprint density at radius 2 is 1.96 bits per heavy atom. The van der Waals surface area contributed by atoms with Crippen LogP contribution in [0.15, 0.2) is 17.1 Å². The van der Waals surface area contributed by atoms with Crippen LogP contribution in [0, 0.1) is 0 Å². The summed E-state index contributed by atoms with van der Waals surface area (Å²) in [4.78, 5) is 26.9. The maximum atomic E-state index is 12.7. The highest BCUT2D eigenvalue weighted by Gasteiger charge is 2.53. The van der Waals surface area contributed by atoms with Crippen LogP contribution in [0.25, 0.3) is 0 Å². The van der Waals surface area contributed by atoms with Gasteiger partial charge < -0.3 is 34.4 Å². The van der Waals surface area contributed by atoms with E-state index in [0.29, 0.717) is 0 Å². The third-order valence-electron chi connectivity index (χ3n) is 3.92. The van der Waals surface area contributed by atoms with E-state index in [2.05, 4.69) is 10.3 Å². The van der Waals surface area contributed by atoms with Gasteiger partial charge in [-0.15, -0.1) is 0 Å². The number of amides is 1. The second-order valence-corrected chi connectivity index (χ2v) is 8.07. The number of carbonyl (C=O) groups excluding carboxylic acids is 1. The summed E-state index contributed by atoms with van der Waals surface area (Å²) in [5.74, 6) is -2.33. The molecule has 1 fully saturated rings. The predicted molar refractivity (Wildman–Crippen MR) is 95.6 cm³/mol. The number of anilines is 1. The molecule has 4 N–H and O–H groups in total. The lowest BCUT2D eigenvalue weighted by Crippen LogP contribution is -2.39. The summed E-state index contributed by atoms with van der Waals surface area (Å²) in [5, 5.41) is 33.3. The molecule has 12 nitrogen and oxygen atoms in total. The molecule has 28 heavy (non-hydrogen) atoms. The second kappa shape index (κ2) is 9.23. The van der Waals surface area contributed by atoms with Crippen molar-refractivity contribution in [3.05, 3.63) is 22.7 Å². The number of aromatic nitrogens is 2. The molecule has 13 heteroatoms. The number of aliphatic hydroxyl groups excluding tert-OH is 3. The van der Waals surface area contributed by atoms with E-state index < -0.39 is 49.6 Å². The van der Waals surface area contributed by atoms with Gasteiger partial charge in [0.25, 0.3) is 0 Å². The Morgan fingerprint density at radius 3 is 2.46 bits per heavy atom. The third kappa shape index (κ3) is 4.66. The molecule has 0 bridgehead atoms. The minimum Gasteiger partial charge on any atom is -0.387 e. The number of hydrogen-bond acceptors (Lipinski definition) is 10. The van der Waals surface area contributed by atoms with E-state index in [1.807, 2.05) is 0 Å². The first-order valence-electron chi connectivity index (χ1n) is 8.59. The summed E-state index contributed by atoms with van der Waals surface area (Å²) in [6.07, 6.45) is -5.09. The zero-order chi connectivity index (χ0) is 21.1. The zero-order valence-electron chi connectivity index (χ0n) is 15.6. The van der Waals surface area contributed by atoms with Crippen LogP contribution in [0.4, 0.5) is 5.82 Å². The van der Waals surface area contributed by atoms with Gasteiger partial charge in [-0.1, -0.05) is 0 Å². The fourth-order valence-electron chi connectivity index (χ4n) is 2.75. The Labute approximate surface area is 160 Å². The van der Waals surface area contributed by atoms with Crippen molar-refractivity contribution in [2.75, 3.05) is 18.5 Å². The van der Waals surface area contributed by atoms with Gasteiger partial charge in [-0.3, -0.25) is 13.9 Å². The fourth-order valence-corrected chi connectivity index (χ4v) is 4.45. The normalized spacial score (nSPS) is 26.2. The first-order valence-corrected chi connectivity index (χ1v) is 10.2. The average molecular weight is 421 g/mol. The summed E-state index contributed by atoms with van der Waals surface area (Å²) in [7, 11) is -4.07. The quantitative estimate of drug-likeness (QED) is 0.398. The summed E-state index contributed by atoms with van der Waals surface area (Å²) >= 11 is 0. The maximum absolute atomic E-state index is 12.7. The Kier molecular flexibility index (Phi) is 7.46. The molecule has 0 aromatic carbocycles. The van der Waals surface area contributed by atoms with Crippen LogP contribution in [0.3, 0.4) is 0 Å². The van der Waals surface area contributed by atoms with E-state index in [4.69, 9.17) is 13.8 Å². The third-order valence-corrected chi connectivity index (χ3v) is 6.10. The average Bonchev–Trinajstić information content (AvgIpc) is 2.90. The molecule has 1 aromatic rings. The number of carbonyl (C=O) groups is 1. The minimum absolute atomic E-state index is 0.00411. The Hall–Kier alpha value is -1.66. The van der Waals surface area contributed by atoms with Crippen LogP contribution in [-0.2, 0) is 23.1 Å². The van der Waals surface area contributed by atoms with Crippen molar-refractivity contribution in [3.63, 3.8) is 0 Å². The Bertz CT molecular complexity index is 791. The van der Waals surface area contributed by atoms with Crippen molar-refractivity contribution in [2.45, 2.75) is 51.2 Å². The van der Waals surface area contributed by atoms with E-state index >= 15 is 0 Å². The maximum Gasteiger partial charge on any atom is 0.361 e. The van der Waals surface area contributed by atoms with Gasteiger partial charge in [0.2, 0.25) is 5.91 Å². The van der Waals surface area contributed by atoms with Gasteiger partial charge in [0, 0.05) is 13.1 Å². The van der Waals surface area contributed by atoms with Crippen LogP contribution in [0.1, 0.15) is 27.0 Å². The molecule has 0 saturated carbocycles. The van der Waals surface area contributed by atoms with E-state index in [-0.39, 0.29) is 19.0 Å². The number of aliphatic hydroxyl groups is 3. The molecule has 1 saturated heterocycles. The highest BCUT2D eigenvalue weighted by atomic mass is 31.2. The zero-order valence-corrected chi connectivity index (χ0v) is 16.5. The molecule has 0 radical (unpaired) electrons. The molecule has 2 rings (SSSR count). The van der Waals surface area contributed by atoms with Crippen LogP contribution >= 0.6 is 7.60 Å². The lowest BCUT2D eigenvalue weighted by atomic mass is 10.1. The predicted octanol–water partition coefficient (Wildman–Crippen LogP) is -0.595. The van der Waals surface area contributed by atoms with Crippen molar-refractivity contribution in [2.24, 2.45) is 0 Å². The molecule has 1 aliphatic rings. The molecule has 1 aliphatic heterocycles. The number of rotatable bonds is 8. The highest BCUT2D eigenvalue weighted by molar-refractivity contribution is 7.54. The number of nitrogens with one attached hydrogen (secondary N) is 1. The van der Waals surface area contributed by atoms with Gasteiger partial charge in [0.15, 0.2) is 12.1 Å². The van der Waals surface area contributed by atoms with E-state index in [9.17, 15) is 29.5 Å².